The molecular weight excluding hydrogens is 292 g/mol. The summed E-state index contributed by atoms with van der Waals surface area (Å²) in [6.45, 7) is 2.12. The van der Waals surface area contributed by atoms with Crippen LogP contribution in [0.25, 0.3) is 0 Å². The highest BCUT2D eigenvalue weighted by molar-refractivity contribution is 5.96. The molecule has 4 nitrogen and oxygen atoms in total. The topological polar surface area (TPSA) is 71.4 Å². The molecule has 23 heavy (non-hydrogen) atoms. The Morgan fingerprint density at radius 3 is 2.57 bits per heavy atom. The van der Waals surface area contributed by atoms with Gasteiger partial charge in [-0.25, -0.2) is 0 Å². The van der Waals surface area contributed by atoms with E-state index in [1.165, 1.54) is 0 Å². The summed E-state index contributed by atoms with van der Waals surface area (Å²) in [5.74, 6) is 0.958. The fourth-order valence-electron chi connectivity index (χ4n) is 6.37. The van der Waals surface area contributed by atoms with Gasteiger partial charge < -0.3 is 9.90 Å². The molecule has 0 aromatic carbocycles. The number of rotatable bonds is 1. The van der Waals surface area contributed by atoms with Gasteiger partial charge in [-0.2, -0.15) is 0 Å². The van der Waals surface area contributed by atoms with Crippen molar-refractivity contribution in [3.05, 3.63) is 11.3 Å². The van der Waals surface area contributed by atoms with E-state index in [1.54, 1.807) is 0 Å². The zero-order chi connectivity index (χ0) is 16.4. The van der Waals surface area contributed by atoms with E-state index in [-0.39, 0.29) is 29.3 Å². The summed E-state index contributed by atoms with van der Waals surface area (Å²) in [7, 11) is 0. The predicted octanol–water partition coefficient (Wildman–Crippen LogP) is 3.15. The summed E-state index contributed by atoms with van der Waals surface area (Å²) < 4.78 is 0. The molecule has 0 heterocycles. The largest absolute Gasteiger partial charge is 0.504 e. The van der Waals surface area contributed by atoms with Crippen LogP contribution in [-0.4, -0.2) is 23.0 Å². The van der Waals surface area contributed by atoms with Gasteiger partial charge in [0.1, 0.15) is 12.1 Å². The van der Waals surface area contributed by atoms with Crippen LogP contribution in [0.15, 0.2) is 11.3 Å². The number of aliphatic hydroxyl groups excluding tert-OH is 1. The van der Waals surface area contributed by atoms with Gasteiger partial charge in [0.15, 0.2) is 11.5 Å². The van der Waals surface area contributed by atoms with Crippen LogP contribution < -0.4 is 0 Å². The first-order valence-corrected chi connectivity index (χ1v) is 8.89. The summed E-state index contributed by atoms with van der Waals surface area (Å²) in [5.41, 5.74) is -0.176. The van der Waals surface area contributed by atoms with E-state index in [0.717, 1.165) is 32.0 Å². The molecule has 4 rings (SSSR count). The Bertz CT molecular complexity index is 633. The summed E-state index contributed by atoms with van der Waals surface area (Å²) in [5, 5.41) is 10.3. The molecule has 3 fully saturated rings. The third kappa shape index (κ3) is 1.75. The van der Waals surface area contributed by atoms with E-state index in [4.69, 9.17) is 0 Å². The first-order chi connectivity index (χ1) is 10.9. The molecule has 4 heteroatoms. The van der Waals surface area contributed by atoms with E-state index in [1.807, 2.05) is 0 Å². The van der Waals surface area contributed by atoms with Gasteiger partial charge in [-0.1, -0.05) is 6.92 Å². The molecule has 5 atom stereocenters. The van der Waals surface area contributed by atoms with Crippen molar-refractivity contribution in [3.8, 4) is 0 Å². The second-order valence-corrected chi connectivity index (χ2v) is 8.24. The van der Waals surface area contributed by atoms with Crippen molar-refractivity contribution in [3.63, 3.8) is 0 Å². The second-order valence-electron chi connectivity index (χ2n) is 8.24. The highest BCUT2D eigenvalue weighted by Gasteiger charge is 2.61. The molecular formula is C19H24O4. The summed E-state index contributed by atoms with van der Waals surface area (Å²) in [4.78, 5) is 36.4. The summed E-state index contributed by atoms with van der Waals surface area (Å²) >= 11 is 0. The molecule has 0 radical (unpaired) electrons. The Morgan fingerprint density at radius 1 is 1.04 bits per heavy atom. The van der Waals surface area contributed by atoms with Gasteiger partial charge in [-0.3, -0.25) is 9.59 Å². The van der Waals surface area contributed by atoms with E-state index in [9.17, 15) is 19.5 Å². The Kier molecular flexibility index (Phi) is 3.14. The van der Waals surface area contributed by atoms with Gasteiger partial charge >= 0.3 is 0 Å². The lowest BCUT2D eigenvalue weighted by Gasteiger charge is -2.55. The Morgan fingerprint density at radius 2 is 1.83 bits per heavy atom. The fraction of sp³-hybridized carbons (Fsp3) is 0.737. The second kappa shape index (κ2) is 4.78. The van der Waals surface area contributed by atoms with Crippen LogP contribution >= 0.6 is 0 Å². The van der Waals surface area contributed by atoms with E-state index in [0.29, 0.717) is 42.5 Å². The lowest BCUT2D eigenvalue weighted by Crippen LogP contribution is -2.52. The number of aldehydes is 1. The third-order valence-electron chi connectivity index (χ3n) is 7.62. The number of carbonyl (C=O) groups excluding carboxylic acids is 3. The zero-order valence-corrected chi connectivity index (χ0v) is 13.6. The number of carbonyl (C=O) groups is 3. The van der Waals surface area contributed by atoms with Crippen molar-refractivity contribution in [2.75, 3.05) is 0 Å². The minimum atomic E-state index is -0.659. The van der Waals surface area contributed by atoms with Crippen LogP contribution in [0.4, 0.5) is 0 Å². The lowest BCUT2D eigenvalue weighted by molar-refractivity contribution is -0.136. The highest BCUT2D eigenvalue weighted by atomic mass is 16.3. The lowest BCUT2D eigenvalue weighted by atomic mass is 9.47. The number of hydrogen-bond acceptors (Lipinski definition) is 4. The number of aliphatic hydroxyl groups is 1. The first kappa shape index (κ1) is 15.1. The molecule has 0 aromatic heterocycles. The van der Waals surface area contributed by atoms with E-state index < -0.39 is 5.41 Å². The molecule has 0 unspecified atom stereocenters. The minimum Gasteiger partial charge on any atom is -0.504 e. The molecule has 124 valence electrons. The van der Waals surface area contributed by atoms with Crippen LogP contribution in [0, 0.1) is 28.6 Å². The maximum absolute atomic E-state index is 12.4. The standard InChI is InChI=1S/C19H24O4/c1-18-8-6-13-11(12(18)4-5-16(18)22)2-3-14-17(23)15(21)7-9-19(13,14)10-20/h10-13,23H,2-9H2,1H3/t11-,12-,13-,18-,19-/m0/s1. The molecule has 3 saturated carbocycles. The zero-order valence-electron chi connectivity index (χ0n) is 13.6. The molecule has 4 aliphatic rings. The van der Waals surface area contributed by atoms with E-state index >= 15 is 0 Å². The Balaban J connectivity index is 1.77. The maximum Gasteiger partial charge on any atom is 0.197 e. The van der Waals surface area contributed by atoms with Crippen molar-refractivity contribution in [1.82, 2.24) is 0 Å². The summed E-state index contributed by atoms with van der Waals surface area (Å²) in [6, 6.07) is 0. The quantitative estimate of drug-likeness (QED) is 0.754. The number of fused-ring (bicyclic) bond motifs is 5. The Hall–Kier alpha value is -1.45. The number of ketones is 2. The predicted molar refractivity (Wildman–Crippen MR) is 83.7 cm³/mol. The molecule has 4 aliphatic carbocycles. The van der Waals surface area contributed by atoms with E-state index in [2.05, 4.69) is 6.92 Å². The molecule has 0 spiro atoms. The minimum absolute atomic E-state index is 0.141. The highest BCUT2D eigenvalue weighted by Crippen LogP contribution is 2.64. The van der Waals surface area contributed by atoms with Gasteiger partial charge in [-0.15, -0.1) is 0 Å². The van der Waals surface area contributed by atoms with Crippen molar-refractivity contribution in [1.29, 1.82) is 0 Å². The van der Waals surface area contributed by atoms with Crippen LogP contribution in [0.1, 0.15) is 58.3 Å². The van der Waals surface area contributed by atoms with Gasteiger partial charge in [-0.05, 0) is 61.9 Å². The third-order valence-corrected chi connectivity index (χ3v) is 7.62. The Labute approximate surface area is 136 Å². The number of Topliss-reactive ketones (excluding diaryl/α,β-unsaturated/α-hetero) is 2. The van der Waals surface area contributed by atoms with Crippen LogP contribution in [-0.2, 0) is 14.4 Å². The van der Waals surface area contributed by atoms with Crippen molar-refractivity contribution in [2.24, 2.45) is 28.6 Å². The van der Waals surface area contributed by atoms with Crippen molar-refractivity contribution < 1.29 is 19.5 Å². The molecule has 0 saturated heterocycles. The van der Waals surface area contributed by atoms with Crippen molar-refractivity contribution in [2.45, 2.75) is 58.3 Å². The number of hydrogen-bond donors (Lipinski definition) is 1. The van der Waals surface area contributed by atoms with Crippen LogP contribution in [0.5, 0.6) is 0 Å². The molecule has 0 amide bonds. The van der Waals surface area contributed by atoms with Crippen LogP contribution in [0.2, 0.25) is 0 Å². The smallest absolute Gasteiger partial charge is 0.197 e. The van der Waals surface area contributed by atoms with Gasteiger partial charge in [0.25, 0.3) is 0 Å². The fourth-order valence-corrected chi connectivity index (χ4v) is 6.37. The number of allylic oxidation sites excluding steroid dienone is 1. The van der Waals surface area contributed by atoms with Gasteiger partial charge in [0.2, 0.25) is 0 Å². The first-order valence-electron chi connectivity index (χ1n) is 8.89. The molecule has 0 aliphatic heterocycles. The normalized spacial score (nSPS) is 46.2. The molecule has 1 N–H and O–H groups in total. The molecule has 0 aromatic rings. The van der Waals surface area contributed by atoms with Crippen molar-refractivity contribution >= 4 is 17.9 Å². The average molecular weight is 316 g/mol. The average Bonchev–Trinajstić information content (AvgIpc) is 2.86. The maximum atomic E-state index is 12.4. The monoisotopic (exact) mass is 316 g/mol. The summed E-state index contributed by atoms with van der Waals surface area (Å²) in [6.07, 6.45) is 6.63. The molecule has 0 bridgehead atoms. The van der Waals surface area contributed by atoms with Gasteiger partial charge in [0, 0.05) is 18.3 Å². The van der Waals surface area contributed by atoms with Crippen LogP contribution in [0.3, 0.4) is 0 Å². The SMILES string of the molecule is C[C@]12CC[C@H]3[C@@H](CCC4=C(O)C(=O)CC[C@@]43C=O)[C@@H]1CCC2=O. The van der Waals surface area contributed by atoms with Gasteiger partial charge in [0.05, 0.1) is 5.41 Å².